The van der Waals surface area contributed by atoms with E-state index in [9.17, 15) is 21.6 Å². The average molecular weight is 387 g/mol. The second kappa shape index (κ2) is 5.86. The predicted octanol–water partition coefficient (Wildman–Crippen LogP) is 2.40. The van der Waals surface area contributed by atoms with E-state index in [2.05, 4.69) is 15.9 Å². The largest absolute Gasteiger partial charge is 0.416 e. The third-order valence-electron chi connectivity index (χ3n) is 3.30. The van der Waals surface area contributed by atoms with Crippen LogP contribution < -0.4 is 0 Å². The summed E-state index contributed by atoms with van der Waals surface area (Å²) in [5, 5.41) is 0. The van der Waals surface area contributed by atoms with Gasteiger partial charge in [-0.2, -0.15) is 17.5 Å². The molecular weight excluding hydrogens is 373 g/mol. The summed E-state index contributed by atoms with van der Waals surface area (Å²) in [5.74, 6) is 0. The fraction of sp³-hybridized carbons (Fsp3) is 0.500. The molecule has 0 aromatic heterocycles. The number of hydrogen-bond donors (Lipinski definition) is 0. The van der Waals surface area contributed by atoms with Gasteiger partial charge in [0.1, 0.15) is 0 Å². The lowest BCUT2D eigenvalue weighted by Gasteiger charge is -2.31. The van der Waals surface area contributed by atoms with Crippen molar-refractivity contribution in [2.75, 3.05) is 33.2 Å². The zero-order chi connectivity index (χ0) is 15.8. The molecule has 0 saturated carbocycles. The monoisotopic (exact) mass is 386 g/mol. The quantitative estimate of drug-likeness (QED) is 0.783. The van der Waals surface area contributed by atoms with Crippen molar-refractivity contribution < 1.29 is 21.6 Å². The average Bonchev–Trinajstić information content (AvgIpc) is 2.37. The lowest BCUT2D eigenvalue weighted by atomic mass is 10.2. The minimum absolute atomic E-state index is 0.0880. The maximum atomic E-state index is 12.8. The van der Waals surface area contributed by atoms with Crippen LogP contribution in [-0.4, -0.2) is 50.8 Å². The van der Waals surface area contributed by atoms with Gasteiger partial charge in [-0.15, -0.1) is 0 Å². The molecule has 1 aliphatic heterocycles. The van der Waals surface area contributed by atoms with Gasteiger partial charge in [0.2, 0.25) is 10.0 Å². The van der Waals surface area contributed by atoms with Crippen LogP contribution in [0.4, 0.5) is 13.2 Å². The van der Waals surface area contributed by atoms with E-state index in [1.165, 1.54) is 10.4 Å². The predicted molar refractivity (Wildman–Crippen MR) is 75.4 cm³/mol. The Bertz CT molecular complexity index is 626. The Balaban J connectivity index is 2.38. The van der Waals surface area contributed by atoms with Crippen LogP contribution in [0.1, 0.15) is 5.56 Å². The molecule has 1 aromatic rings. The zero-order valence-electron chi connectivity index (χ0n) is 11.2. The molecule has 0 spiro atoms. The van der Waals surface area contributed by atoms with Crippen molar-refractivity contribution in [3.05, 3.63) is 28.2 Å². The van der Waals surface area contributed by atoms with E-state index < -0.39 is 21.8 Å². The molecule has 0 N–H and O–H groups in total. The van der Waals surface area contributed by atoms with Gasteiger partial charge in [-0.25, -0.2) is 8.42 Å². The van der Waals surface area contributed by atoms with Crippen LogP contribution in [0.5, 0.6) is 0 Å². The first-order chi connectivity index (χ1) is 9.60. The summed E-state index contributed by atoms with van der Waals surface area (Å²) in [7, 11) is -2.05. The van der Waals surface area contributed by atoms with Crippen LogP contribution in [0.3, 0.4) is 0 Å². The highest BCUT2D eigenvalue weighted by Crippen LogP contribution is 2.33. The number of hydrogen-bond acceptors (Lipinski definition) is 3. The number of benzene rings is 1. The summed E-state index contributed by atoms with van der Waals surface area (Å²) < 4.78 is 64.6. The van der Waals surface area contributed by atoms with Gasteiger partial charge >= 0.3 is 6.18 Å². The van der Waals surface area contributed by atoms with Crippen molar-refractivity contribution in [3.8, 4) is 0 Å². The van der Waals surface area contributed by atoms with E-state index in [0.29, 0.717) is 19.2 Å². The molecule has 9 heteroatoms. The van der Waals surface area contributed by atoms with Crippen LogP contribution in [-0.2, 0) is 16.2 Å². The first-order valence-electron chi connectivity index (χ1n) is 6.17. The van der Waals surface area contributed by atoms with Gasteiger partial charge in [-0.1, -0.05) is 15.9 Å². The van der Waals surface area contributed by atoms with E-state index in [4.69, 9.17) is 0 Å². The van der Waals surface area contributed by atoms with Crippen LogP contribution in [0, 0.1) is 0 Å². The molecule has 0 bridgehead atoms. The SMILES string of the molecule is CN1CCN(S(=O)(=O)c2cc(Br)cc(C(F)(F)F)c2)CC1. The number of rotatable bonds is 2. The summed E-state index contributed by atoms with van der Waals surface area (Å²) in [6, 6.07) is 2.74. The molecule has 0 unspecified atom stereocenters. The summed E-state index contributed by atoms with van der Waals surface area (Å²) in [5.41, 5.74) is -0.982. The minimum Gasteiger partial charge on any atom is -0.304 e. The second-order valence-electron chi connectivity index (χ2n) is 4.88. The highest BCUT2D eigenvalue weighted by molar-refractivity contribution is 9.10. The molecular formula is C12H14BrF3N2O2S. The molecule has 1 aliphatic rings. The van der Waals surface area contributed by atoms with Crippen molar-refractivity contribution >= 4 is 26.0 Å². The van der Waals surface area contributed by atoms with Gasteiger partial charge in [0.25, 0.3) is 0 Å². The first kappa shape index (κ1) is 16.7. The molecule has 0 aliphatic carbocycles. The lowest BCUT2D eigenvalue weighted by molar-refractivity contribution is -0.137. The molecule has 21 heavy (non-hydrogen) atoms. The fourth-order valence-electron chi connectivity index (χ4n) is 2.05. The van der Waals surface area contributed by atoms with Crippen molar-refractivity contribution in [3.63, 3.8) is 0 Å². The number of halogens is 4. The summed E-state index contributed by atoms with van der Waals surface area (Å²) in [4.78, 5) is 1.63. The number of alkyl halides is 3. The Labute approximate surface area is 129 Å². The first-order valence-corrected chi connectivity index (χ1v) is 8.40. The number of sulfonamides is 1. The van der Waals surface area contributed by atoms with Gasteiger partial charge < -0.3 is 4.90 Å². The van der Waals surface area contributed by atoms with E-state index in [1.807, 2.05) is 11.9 Å². The number of likely N-dealkylation sites (N-methyl/N-ethyl adjacent to an activating group) is 1. The van der Waals surface area contributed by atoms with Crippen molar-refractivity contribution in [2.45, 2.75) is 11.1 Å². The van der Waals surface area contributed by atoms with Gasteiger partial charge in [-0.05, 0) is 25.2 Å². The van der Waals surface area contributed by atoms with E-state index in [1.54, 1.807) is 0 Å². The Morgan fingerprint density at radius 2 is 1.67 bits per heavy atom. The highest BCUT2D eigenvalue weighted by atomic mass is 79.9. The number of nitrogens with zero attached hydrogens (tertiary/aromatic N) is 2. The van der Waals surface area contributed by atoms with Crippen LogP contribution in [0.25, 0.3) is 0 Å². The fourth-order valence-corrected chi connectivity index (χ4v) is 4.19. The Hall–Kier alpha value is -0.640. The molecule has 1 heterocycles. The maximum Gasteiger partial charge on any atom is 0.416 e. The minimum atomic E-state index is -4.59. The van der Waals surface area contributed by atoms with E-state index in [-0.39, 0.29) is 22.5 Å². The summed E-state index contributed by atoms with van der Waals surface area (Å²) in [6.07, 6.45) is -4.59. The van der Waals surface area contributed by atoms with E-state index >= 15 is 0 Å². The van der Waals surface area contributed by atoms with Gasteiger partial charge in [0.15, 0.2) is 0 Å². The van der Waals surface area contributed by atoms with Crippen LogP contribution in [0.15, 0.2) is 27.6 Å². The molecule has 0 amide bonds. The van der Waals surface area contributed by atoms with E-state index in [0.717, 1.165) is 6.07 Å². The molecule has 1 aromatic carbocycles. The maximum absolute atomic E-state index is 12.8. The summed E-state index contributed by atoms with van der Waals surface area (Å²) >= 11 is 2.94. The third-order valence-corrected chi connectivity index (χ3v) is 5.63. The molecule has 1 saturated heterocycles. The van der Waals surface area contributed by atoms with Gasteiger partial charge in [-0.3, -0.25) is 0 Å². The smallest absolute Gasteiger partial charge is 0.304 e. The molecule has 1 fully saturated rings. The Kier molecular flexibility index (Phi) is 4.67. The molecule has 0 radical (unpaired) electrons. The van der Waals surface area contributed by atoms with Gasteiger partial charge in [0.05, 0.1) is 10.5 Å². The Morgan fingerprint density at radius 1 is 1.10 bits per heavy atom. The topological polar surface area (TPSA) is 40.6 Å². The zero-order valence-corrected chi connectivity index (χ0v) is 13.6. The Morgan fingerprint density at radius 3 is 2.19 bits per heavy atom. The van der Waals surface area contributed by atoms with Crippen molar-refractivity contribution in [1.82, 2.24) is 9.21 Å². The number of piperazine rings is 1. The third kappa shape index (κ3) is 3.77. The molecule has 2 rings (SSSR count). The standard InChI is InChI=1S/C12H14BrF3N2O2S/c1-17-2-4-18(5-3-17)21(19,20)11-7-9(12(14,15)16)6-10(13)8-11/h6-8H,2-5H2,1H3. The normalized spacial score (nSPS) is 18.9. The highest BCUT2D eigenvalue weighted by Gasteiger charge is 2.34. The van der Waals surface area contributed by atoms with Crippen molar-refractivity contribution in [2.24, 2.45) is 0 Å². The van der Waals surface area contributed by atoms with Gasteiger partial charge in [0, 0.05) is 30.7 Å². The molecule has 0 atom stereocenters. The summed E-state index contributed by atoms with van der Waals surface area (Å²) in [6.45, 7) is 1.65. The molecule has 4 nitrogen and oxygen atoms in total. The van der Waals surface area contributed by atoms with Crippen molar-refractivity contribution in [1.29, 1.82) is 0 Å². The lowest BCUT2D eigenvalue weighted by Crippen LogP contribution is -2.47. The molecule has 118 valence electrons. The second-order valence-corrected chi connectivity index (χ2v) is 7.73. The van der Waals surface area contributed by atoms with Crippen LogP contribution >= 0.6 is 15.9 Å². The van der Waals surface area contributed by atoms with Crippen LogP contribution in [0.2, 0.25) is 0 Å².